The summed E-state index contributed by atoms with van der Waals surface area (Å²) in [4.78, 5) is 45.4. The van der Waals surface area contributed by atoms with Crippen LogP contribution in [-0.2, 0) is 20.8 Å². The van der Waals surface area contributed by atoms with Crippen LogP contribution in [0.2, 0.25) is 0 Å². The van der Waals surface area contributed by atoms with E-state index in [0.29, 0.717) is 6.54 Å². The summed E-state index contributed by atoms with van der Waals surface area (Å²) in [7, 11) is 0. The van der Waals surface area contributed by atoms with Gasteiger partial charge in [-0.3, -0.25) is 19.4 Å². The number of benzodiazepines with no additional fused rings is 1. The normalized spacial score (nSPS) is 18.9. The van der Waals surface area contributed by atoms with E-state index < -0.39 is 35.7 Å². The minimum Gasteiger partial charge on any atom is -0.344 e. The molecular formula is C28H32F2N4O3. The van der Waals surface area contributed by atoms with Gasteiger partial charge in [-0.2, -0.15) is 0 Å². The van der Waals surface area contributed by atoms with E-state index in [9.17, 15) is 23.2 Å². The summed E-state index contributed by atoms with van der Waals surface area (Å²) in [5.41, 5.74) is 2.67. The standard InChI is InChI=1S/C28H32F2N4O3/c1-3-34-23-12-8-7-11-22(23)25(19-9-5-4-6-10-19)32-26(28(34)37)33-27(36)17(2)31-24(35)15-18-13-20(29)16-21(30)14-18/h7-8,11-14,16-17,19,26H,3-6,9-10,15H2,1-2H3,(H,31,35)(H,33,36). The molecule has 2 atom stereocenters. The van der Waals surface area contributed by atoms with Gasteiger partial charge < -0.3 is 15.5 Å². The number of nitrogens with zero attached hydrogens (tertiary/aromatic N) is 2. The molecule has 7 nitrogen and oxygen atoms in total. The smallest absolute Gasteiger partial charge is 0.272 e. The van der Waals surface area contributed by atoms with Crippen LogP contribution in [0.15, 0.2) is 47.5 Å². The number of likely N-dealkylation sites (N-methyl/N-ethyl adjacent to an activating group) is 1. The van der Waals surface area contributed by atoms with Crippen LogP contribution in [0.1, 0.15) is 57.1 Å². The van der Waals surface area contributed by atoms with Crippen molar-refractivity contribution in [3.63, 3.8) is 0 Å². The van der Waals surface area contributed by atoms with Crippen LogP contribution in [0, 0.1) is 17.6 Å². The molecule has 2 aromatic rings. The first-order valence-electron chi connectivity index (χ1n) is 12.8. The highest BCUT2D eigenvalue weighted by molar-refractivity contribution is 6.14. The Bertz CT molecular complexity index is 1190. The summed E-state index contributed by atoms with van der Waals surface area (Å²) < 4.78 is 26.9. The molecule has 37 heavy (non-hydrogen) atoms. The first-order valence-corrected chi connectivity index (χ1v) is 12.8. The monoisotopic (exact) mass is 510 g/mol. The minimum atomic E-state index is -1.13. The molecule has 1 heterocycles. The summed E-state index contributed by atoms with van der Waals surface area (Å²) in [6.07, 6.45) is 3.87. The number of hydrogen-bond acceptors (Lipinski definition) is 4. The van der Waals surface area contributed by atoms with Crippen molar-refractivity contribution < 1.29 is 23.2 Å². The Hall–Kier alpha value is -3.62. The van der Waals surface area contributed by atoms with Crippen LogP contribution >= 0.6 is 0 Å². The van der Waals surface area contributed by atoms with E-state index in [4.69, 9.17) is 4.99 Å². The number of halogens is 2. The van der Waals surface area contributed by atoms with Crippen LogP contribution < -0.4 is 15.5 Å². The van der Waals surface area contributed by atoms with Gasteiger partial charge in [0.25, 0.3) is 5.91 Å². The van der Waals surface area contributed by atoms with Crippen molar-refractivity contribution in [2.24, 2.45) is 10.9 Å². The second-order valence-corrected chi connectivity index (χ2v) is 9.60. The first kappa shape index (κ1) is 26.4. The van der Waals surface area contributed by atoms with E-state index in [1.165, 1.54) is 13.3 Å². The maximum atomic E-state index is 13.5. The van der Waals surface area contributed by atoms with Crippen LogP contribution in [0.25, 0.3) is 0 Å². The lowest BCUT2D eigenvalue weighted by Crippen LogP contribution is -2.53. The molecule has 3 amide bonds. The fourth-order valence-electron chi connectivity index (χ4n) is 5.09. The topological polar surface area (TPSA) is 90.9 Å². The Morgan fingerprint density at radius 3 is 2.43 bits per heavy atom. The molecule has 0 spiro atoms. The molecule has 0 bridgehead atoms. The maximum absolute atomic E-state index is 13.5. The number of nitrogens with one attached hydrogen (secondary N) is 2. The quantitative estimate of drug-likeness (QED) is 0.592. The summed E-state index contributed by atoms with van der Waals surface area (Å²) in [5, 5.41) is 5.25. The van der Waals surface area contributed by atoms with Gasteiger partial charge in [-0.1, -0.05) is 37.5 Å². The Morgan fingerprint density at radius 2 is 1.76 bits per heavy atom. The lowest BCUT2D eigenvalue weighted by molar-refractivity contribution is -0.130. The highest BCUT2D eigenvalue weighted by Crippen LogP contribution is 2.33. The summed E-state index contributed by atoms with van der Waals surface area (Å²) in [5.74, 6) is -2.87. The number of para-hydroxylation sites is 1. The van der Waals surface area contributed by atoms with Gasteiger partial charge in [-0.15, -0.1) is 0 Å². The molecule has 9 heteroatoms. The van der Waals surface area contributed by atoms with Gasteiger partial charge in [0.2, 0.25) is 18.0 Å². The number of benzene rings is 2. The molecule has 4 rings (SSSR count). The molecule has 2 aliphatic rings. The van der Waals surface area contributed by atoms with Crippen LogP contribution in [-0.4, -0.2) is 42.2 Å². The Labute approximate surface area is 215 Å². The van der Waals surface area contributed by atoms with Crippen molar-refractivity contribution in [2.75, 3.05) is 11.4 Å². The first-order chi connectivity index (χ1) is 17.8. The Balaban J connectivity index is 1.52. The number of amides is 3. The second kappa shape index (κ2) is 11.6. The van der Waals surface area contributed by atoms with Crippen molar-refractivity contribution in [2.45, 2.75) is 64.6 Å². The molecular weight excluding hydrogens is 478 g/mol. The lowest BCUT2D eigenvalue weighted by Gasteiger charge is -2.25. The third-order valence-electron chi connectivity index (χ3n) is 6.88. The van der Waals surface area contributed by atoms with E-state index in [1.54, 1.807) is 4.90 Å². The highest BCUT2D eigenvalue weighted by Gasteiger charge is 2.35. The number of fused-ring (bicyclic) bond motifs is 1. The SMILES string of the molecule is CCN1C(=O)C(NC(=O)C(C)NC(=O)Cc2cc(F)cc(F)c2)N=C(C2CCCCC2)c2ccccc21. The zero-order chi connectivity index (χ0) is 26.5. The number of carbonyl (C=O) groups is 3. The molecule has 196 valence electrons. The van der Waals surface area contributed by atoms with E-state index >= 15 is 0 Å². The molecule has 1 aliphatic carbocycles. The molecule has 2 N–H and O–H groups in total. The largest absolute Gasteiger partial charge is 0.344 e. The van der Waals surface area contributed by atoms with Crippen molar-refractivity contribution in [3.05, 3.63) is 65.2 Å². The number of aliphatic imine (C=N–C) groups is 1. The molecule has 0 radical (unpaired) electrons. The van der Waals surface area contributed by atoms with Gasteiger partial charge in [-0.25, -0.2) is 8.78 Å². The number of anilines is 1. The number of rotatable bonds is 7. The van der Waals surface area contributed by atoms with Gasteiger partial charge >= 0.3 is 0 Å². The van der Waals surface area contributed by atoms with E-state index in [1.807, 2.05) is 31.2 Å². The lowest BCUT2D eigenvalue weighted by atomic mass is 9.83. The van der Waals surface area contributed by atoms with Gasteiger partial charge in [0.05, 0.1) is 17.8 Å². The molecule has 1 saturated carbocycles. The second-order valence-electron chi connectivity index (χ2n) is 9.60. The van der Waals surface area contributed by atoms with Gasteiger partial charge in [0.1, 0.15) is 17.7 Å². The average molecular weight is 511 g/mol. The summed E-state index contributed by atoms with van der Waals surface area (Å²) in [6.45, 7) is 3.77. The summed E-state index contributed by atoms with van der Waals surface area (Å²) in [6, 6.07) is 9.55. The fourth-order valence-corrected chi connectivity index (χ4v) is 5.09. The predicted molar refractivity (Wildman–Crippen MR) is 137 cm³/mol. The van der Waals surface area contributed by atoms with Crippen molar-refractivity contribution in [3.8, 4) is 0 Å². The Morgan fingerprint density at radius 1 is 1.08 bits per heavy atom. The van der Waals surface area contributed by atoms with Gasteiger partial charge in [-0.05, 0) is 50.5 Å². The minimum absolute atomic E-state index is 0.152. The van der Waals surface area contributed by atoms with Crippen molar-refractivity contribution >= 4 is 29.1 Å². The molecule has 1 fully saturated rings. The van der Waals surface area contributed by atoms with Crippen LogP contribution in [0.4, 0.5) is 14.5 Å². The van der Waals surface area contributed by atoms with Crippen LogP contribution in [0.5, 0.6) is 0 Å². The zero-order valence-corrected chi connectivity index (χ0v) is 21.1. The molecule has 2 unspecified atom stereocenters. The van der Waals surface area contributed by atoms with Crippen LogP contribution in [0.3, 0.4) is 0 Å². The van der Waals surface area contributed by atoms with Gasteiger partial charge in [0.15, 0.2) is 0 Å². The molecule has 2 aromatic carbocycles. The third kappa shape index (κ3) is 6.21. The third-order valence-corrected chi connectivity index (χ3v) is 6.88. The van der Waals surface area contributed by atoms with E-state index in [0.717, 1.165) is 60.8 Å². The van der Waals surface area contributed by atoms with Gasteiger partial charge in [0, 0.05) is 24.1 Å². The molecule has 0 saturated heterocycles. The molecule has 1 aliphatic heterocycles. The van der Waals surface area contributed by atoms with E-state index in [2.05, 4.69) is 10.6 Å². The predicted octanol–water partition coefficient (Wildman–Crippen LogP) is 3.89. The summed E-state index contributed by atoms with van der Waals surface area (Å²) >= 11 is 0. The average Bonchev–Trinajstić information content (AvgIpc) is 2.98. The number of hydrogen-bond donors (Lipinski definition) is 2. The zero-order valence-electron chi connectivity index (χ0n) is 21.1. The Kier molecular flexibility index (Phi) is 8.31. The highest BCUT2D eigenvalue weighted by atomic mass is 19.1. The molecule has 0 aromatic heterocycles. The fraction of sp³-hybridized carbons (Fsp3) is 0.429. The van der Waals surface area contributed by atoms with Crippen molar-refractivity contribution in [1.82, 2.24) is 10.6 Å². The number of carbonyl (C=O) groups excluding carboxylic acids is 3. The van der Waals surface area contributed by atoms with E-state index in [-0.39, 0.29) is 23.8 Å². The van der Waals surface area contributed by atoms with Crippen molar-refractivity contribution in [1.29, 1.82) is 0 Å². The maximum Gasteiger partial charge on any atom is 0.272 e.